The van der Waals surface area contributed by atoms with Crippen LogP contribution in [0, 0.1) is 0 Å². The molecule has 0 saturated heterocycles. The van der Waals surface area contributed by atoms with Crippen LogP contribution in [0.15, 0.2) is 42.5 Å². The van der Waals surface area contributed by atoms with Crippen LogP contribution in [0.3, 0.4) is 0 Å². The second-order valence-corrected chi connectivity index (χ2v) is 6.44. The van der Waals surface area contributed by atoms with E-state index in [1.165, 1.54) is 70.2 Å². The third-order valence-corrected chi connectivity index (χ3v) is 3.64. The van der Waals surface area contributed by atoms with E-state index in [0.717, 1.165) is 0 Å². The lowest BCUT2D eigenvalue weighted by atomic mass is 10.1. The molecule has 0 atom stereocenters. The second kappa shape index (κ2) is 10.7. The van der Waals surface area contributed by atoms with Crippen LogP contribution in [0.5, 0.6) is 23.0 Å². The van der Waals surface area contributed by atoms with Gasteiger partial charge in [0, 0.05) is 33.8 Å². The summed E-state index contributed by atoms with van der Waals surface area (Å²) >= 11 is 0. The Morgan fingerprint density at radius 2 is 1.19 bits per heavy atom. The van der Waals surface area contributed by atoms with Crippen molar-refractivity contribution < 1.29 is 42.9 Å². The monoisotopic (exact) mass is 440 g/mol. The Balaban J connectivity index is 2.34. The lowest BCUT2D eigenvalue weighted by Crippen LogP contribution is -2.08. The molecule has 0 radical (unpaired) electrons. The summed E-state index contributed by atoms with van der Waals surface area (Å²) in [7, 11) is 0. The van der Waals surface area contributed by atoms with Gasteiger partial charge in [-0.1, -0.05) is 12.1 Å². The smallest absolute Gasteiger partial charge is 0.308 e. The van der Waals surface area contributed by atoms with Crippen LogP contribution in [0.4, 0.5) is 0 Å². The van der Waals surface area contributed by atoms with Gasteiger partial charge in [0.05, 0.1) is 5.56 Å². The first kappa shape index (κ1) is 24.0. The Morgan fingerprint density at radius 3 is 1.78 bits per heavy atom. The van der Waals surface area contributed by atoms with Crippen LogP contribution in [0.1, 0.15) is 43.6 Å². The minimum atomic E-state index is -0.657. The van der Waals surface area contributed by atoms with E-state index in [1.54, 1.807) is 6.07 Å². The van der Waals surface area contributed by atoms with E-state index in [0.29, 0.717) is 5.56 Å². The molecule has 0 spiro atoms. The largest absolute Gasteiger partial charge is 0.427 e. The van der Waals surface area contributed by atoms with Crippen molar-refractivity contribution in [2.45, 2.75) is 27.7 Å². The SMILES string of the molecule is CC(=O)Oc1ccc(C(=O)/C=C/c2ccc(OC(C)=O)c(OC(C)=O)c2)c(OC(C)=O)c1. The maximum atomic E-state index is 12.7. The van der Waals surface area contributed by atoms with E-state index in [9.17, 15) is 24.0 Å². The van der Waals surface area contributed by atoms with Gasteiger partial charge in [-0.25, -0.2) is 0 Å². The molecule has 2 aromatic rings. The first-order valence-electron chi connectivity index (χ1n) is 9.29. The summed E-state index contributed by atoms with van der Waals surface area (Å²) < 4.78 is 20.1. The minimum absolute atomic E-state index is 0.00800. The van der Waals surface area contributed by atoms with Gasteiger partial charge in [-0.3, -0.25) is 24.0 Å². The number of ether oxygens (including phenoxy) is 4. The fourth-order valence-electron chi connectivity index (χ4n) is 2.54. The third kappa shape index (κ3) is 7.21. The molecule has 0 saturated carbocycles. The van der Waals surface area contributed by atoms with E-state index in [-0.39, 0.29) is 28.6 Å². The first-order valence-corrected chi connectivity index (χ1v) is 9.29. The normalized spacial score (nSPS) is 10.4. The molecule has 9 heteroatoms. The molecular weight excluding hydrogens is 420 g/mol. The average molecular weight is 440 g/mol. The highest BCUT2D eigenvalue weighted by molar-refractivity contribution is 6.09. The maximum Gasteiger partial charge on any atom is 0.308 e. The molecule has 166 valence electrons. The Morgan fingerprint density at radius 1 is 0.625 bits per heavy atom. The molecule has 0 N–H and O–H groups in total. The summed E-state index contributed by atoms with van der Waals surface area (Å²) in [5, 5.41) is 0. The molecule has 0 fully saturated rings. The highest BCUT2D eigenvalue weighted by Gasteiger charge is 2.15. The number of allylic oxidation sites excluding steroid dienone is 1. The van der Waals surface area contributed by atoms with Crippen LogP contribution in [0.25, 0.3) is 6.08 Å². The number of esters is 4. The summed E-state index contributed by atoms with van der Waals surface area (Å²) in [4.78, 5) is 57.8. The quantitative estimate of drug-likeness (QED) is 0.276. The molecule has 0 aliphatic heterocycles. The Bertz CT molecular complexity index is 1110. The van der Waals surface area contributed by atoms with E-state index in [2.05, 4.69) is 0 Å². The Labute approximate surface area is 183 Å². The van der Waals surface area contributed by atoms with Crippen molar-refractivity contribution in [2.75, 3.05) is 0 Å². The molecule has 0 amide bonds. The molecule has 0 aliphatic rings. The zero-order valence-corrected chi connectivity index (χ0v) is 17.8. The van der Waals surface area contributed by atoms with Crippen molar-refractivity contribution in [3.63, 3.8) is 0 Å². The predicted octanol–water partition coefficient (Wildman–Crippen LogP) is 3.28. The molecule has 0 aliphatic carbocycles. The van der Waals surface area contributed by atoms with Crippen molar-refractivity contribution >= 4 is 35.7 Å². The standard InChI is InChI=1S/C23H20O9/c1-13(24)29-18-7-8-19(22(12-18)31-15(3)26)20(28)9-5-17-6-10-21(30-14(2)25)23(11-17)32-16(4)27/h5-12H,1-4H3/b9-5+. The number of benzene rings is 2. The zero-order chi connectivity index (χ0) is 23.8. The van der Waals surface area contributed by atoms with Gasteiger partial charge < -0.3 is 18.9 Å². The van der Waals surface area contributed by atoms with Gasteiger partial charge >= 0.3 is 23.9 Å². The summed E-state index contributed by atoms with van der Waals surface area (Å²) in [6.45, 7) is 4.78. The maximum absolute atomic E-state index is 12.7. The van der Waals surface area contributed by atoms with Crippen LogP contribution in [-0.2, 0) is 19.2 Å². The number of ketones is 1. The van der Waals surface area contributed by atoms with Gasteiger partial charge in [-0.15, -0.1) is 0 Å². The van der Waals surface area contributed by atoms with Crippen molar-refractivity contribution in [3.8, 4) is 23.0 Å². The Hall–Kier alpha value is -4.27. The summed E-state index contributed by atoms with van der Waals surface area (Å²) in [5.74, 6) is -2.84. The van der Waals surface area contributed by atoms with Crippen molar-refractivity contribution in [1.29, 1.82) is 0 Å². The van der Waals surface area contributed by atoms with Gasteiger partial charge in [-0.2, -0.15) is 0 Å². The molecule has 0 bridgehead atoms. The second-order valence-electron chi connectivity index (χ2n) is 6.44. The van der Waals surface area contributed by atoms with E-state index in [1.807, 2.05) is 0 Å². The van der Waals surface area contributed by atoms with Crippen LogP contribution < -0.4 is 18.9 Å². The Kier molecular flexibility index (Phi) is 8.00. The highest BCUT2D eigenvalue weighted by atomic mass is 16.6. The molecule has 0 unspecified atom stereocenters. The topological polar surface area (TPSA) is 122 Å². The van der Waals surface area contributed by atoms with Gasteiger partial charge in [0.25, 0.3) is 0 Å². The van der Waals surface area contributed by atoms with Gasteiger partial charge in [0.2, 0.25) is 0 Å². The first-order chi connectivity index (χ1) is 15.0. The summed E-state index contributed by atoms with van der Waals surface area (Å²) in [5.41, 5.74) is 0.528. The van der Waals surface area contributed by atoms with Crippen molar-refractivity contribution in [1.82, 2.24) is 0 Å². The molecule has 9 nitrogen and oxygen atoms in total. The van der Waals surface area contributed by atoms with Gasteiger partial charge in [-0.05, 0) is 35.9 Å². The molecular formula is C23H20O9. The molecule has 32 heavy (non-hydrogen) atoms. The van der Waals surface area contributed by atoms with E-state index >= 15 is 0 Å². The van der Waals surface area contributed by atoms with E-state index in [4.69, 9.17) is 18.9 Å². The van der Waals surface area contributed by atoms with Gasteiger partial charge in [0.1, 0.15) is 11.5 Å². The molecule has 0 heterocycles. The molecule has 2 rings (SSSR count). The lowest BCUT2D eigenvalue weighted by molar-refractivity contribution is -0.134. The van der Waals surface area contributed by atoms with Crippen LogP contribution in [0.2, 0.25) is 0 Å². The zero-order valence-electron chi connectivity index (χ0n) is 17.8. The van der Waals surface area contributed by atoms with Crippen molar-refractivity contribution in [3.05, 3.63) is 53.6 Å². The highest BCUT2D eigenvalue weighted by Crippen LogP contribution is 2.30. The van der Waals surface area contributed by atoms with Crippen LogP contribution in [-0.4, -0.2) is 29.7 Å². The average Bonchev–Trinajstić information content (AvgIpc) is 2.66. The summed E-state index contributed by atoms with van der Waals surface area (Å²) in [6, 6.07) is 8.39. The van der Waals surface area contributed by atoms with E-state index < -0.39 is 29.7 Å². The molecule has 0 aromatic heterocycles. The number of carbonyl (C=O) groups excluding carboxylic acids is 5. The number of hydrogen-bond acceptors (Lipinski definition) is 9. The van der Waals surface area contributed by atoms with Crippen LogP contribution >= 0.6 is 0 Å². The summed E-state index contributed by atoms with van der Waals surface area (Å²) in [6.07, 6.45) is 2.65. The fraction of sp³-hybridized carbons (Fsp3) is 0.174. The number of carbonyl (C=O) groups is 5. The minimum Gasteiger partial charge on any atom is -0.427 e. The fourth-order valence-corrected chi connectivity index (χ4v) is 2.54. The third-order valence-electron chi connectivity index (χ3n) is 3.64. The number of rotatable bonds is 7. The number of hydrogen-bond donors (Lipinski definition) is 0. The van der Waals surface area contributed by atoms with Gasteiger partial charge in [0.15, 0.2) is 17.3 Å². The lowest BCUT2D eigenvalue weighted by Gasteiger charge is -2.10. The molecule has 2 aromatic carbocycles. The van der Waals surface area contributed by atoms with Crippen molar-refractivity contribution in [2.24, 2.45) is 0 Å². The predicted molar refractivity (Wildman–Crippen MR) is 111 cm³/mol.